The summed E-state index contributed by atoms with van der Waals surface area (Å²) in [5, 5.41) is 0. The van der Waals surface area contributed by atoms with E-state index in [0.29, 0.717) is 29.6 Å². The van der Waals surface area contributed by atoms with Crippen molar-refractivity contribution in [1.82, 2.24) is 0 Å². The first-order valence-corrected chi connectivity index (χ1v) is 17.6. The summed E-state index contributed by atoms with van der Waals surface area (Å²) in [6.45, 7) is 30.4. The fraction of sp³-hybridized carbons (Fsp3) is 0.707. The van der Waals surface area contributed by atoms with Crippen LogP contribution in [0.2, 0.25) is 0 Å². The molecule has 1 nitrogen and oxygen atoms in total. The molecule has 0 aromatic heterocycles. The van der Waals surface area contributed by atoms with E-state index >= 15 is 0 Å². The number of hydrogen-bond donors (Lipinski definition) is 0. The Morgan fingerprint density at radius 1 is 1.05 bits per heavy atom. The standard InChI is InChI=1S/C37H55B.C3H6O.CH4/c1-11-29-27(15-17-34-35(7,8)18-13-19-37(29,34)10)21-32(25(5)6)38-23-28-20-26-14-16-30(24(3)4)36(9,12-2)31(26)22-33(28)38;1-3-2-4-3;/h11,20-22,24-25,30,34H,1,12-19,23H2,2-10H3;3H,2H2,1H3;1H4/b32-21-;;. The Bertz CT molecular complexity index is 1240. The van der Waals surface area contributed by atoms with Gasteiger partial charge in [-0.1, -0.05) is 124 Å². The van der Waals surface area contributed by atoms with Gasteiger partial charge in [-0.05, 0) is 120 Å². The molecule has 2 heterocycles. The van der Waals surface area contributed by atoms with Gasteiger partial charge in [-0.25, -0.2) is 0 Å². The summed E-state index contributed by atoms with van der Waals surface area (Å²) in [6, 6.07) is 5.31. The number of epoxide rings is 1. The van der Waals surface area contributed by atoms with Gasteiger partial charge in [0.15, 0.2) is 0 Å². The summed E-state index contributed by atoms with van der Waals surface area (Å²) in [6.07, 6.45) is 17.2. The topological polar surface area (TPSA) is 12.5 Å². The molecule has 5 unspecified atom stereocenters. The predicted octanol–water partition coefficient (Wildman–Crippen LogP) is 10.6. The number of benzene rings is 1. The number of fused-ring (bicyclic) bond motifs is 3. The molecule has 1 saturated carbocycles. The third-order valence-corrected chi connectivity index (χ3v) is 12.9. The molecule has 5 atom stereocenters. The Balaban J connectivity index is 0.000000782. The lowest BCUT2D eigenvalue weighted by Crippen LogP contribution is -2.51. The highest BCUT2D eigenvalue weighted by Crippen LogP contribution is 2.60. The second kappa shape index (κ2) is 12.7. The van der Waals surface area contributed by atoms with Crippen molar-refractivity contribution >= 4 is 12.2 Å². The van der Waals surface area contributed by atoms with Gasteiger partial charge in [-0.15, -0.1) is 0 Å². The van der Waals surface area contributed by atoms with Crippen LogP contribution in [-0.2, 0) is 22.9 Å². The number of allylic oxidation sites excluding steroid dienone is 5. The fourth-order valence-electron chi connectivity index (χ4n) is 10.2. The minimum absolute atomic E-state index is 0. The summed E-state index contributed by atoms with van der Waals surface area (Å²) >= 11 is 0. The normalized spacial score (nSPS) is 32.5. The van der Waals surface area contributed by atoms with E-state index in [-0.39, 0.29) is 12.8 Å². The SMILES string of the molecule is C.C=CC1=C(/C=C(\B2Cc3cc4c(cc32)C(C)(CC)C(C(C)C)CC4)C(C)C)CCC2C(C)(C)CCCC12C.CC1CO1. The van der Waals surface area contributed by atoms with E-state index in [0.717, 1.165) is 24.4 Å². The second-order valence-electron chi connectivity index (χ2n) is 16.6. The van der Waals surface area contributed by atoms with E-state index in [1.807, 2.05) is 0 Å². The first-order valence-electron chi connectivity index (χ1n) is 17.6. The van der Waals surface area contributed by atoms with Crippen LogP contribution >= 0.6 is 0 Å². The zero-order valence-corrected chi connectivity index (χ0v) is 29.0. The van der Waals surface area contributed by atoms with Crippen LogP contribution < -0.4 is 5.46 Å². The molecule has 0 radical (unpaired) electrons. The molecule has 0 bridgehead atoms. The molecule has 3 aliphatic carbocycles. The van der Waals surface area contributed by atoms with Crippen molar-refractivity contribution in [2.45, 2.75) is 146 Å². The van der Waals surface area contributed by atoms with Gasteiger partial charge >= 0.3 is 0 Å². The van der Waals surface area contributed by atoms with Gasteiger partial charge in [-0.3, -0.25) is 0 Å². The molecular formula is C41H65BO. The molecule has 2 aliphatic heterocycles. The van der Waals surface area contributed by atoms with Crippen LogP contribution in [0.1, 0.15) is 138 Å². The van der Waals surface area contributed by atoms with Crippen molar-refractivity contribution in [1.29, 1.82) is 0 Å². The molecular weight excluding hydrogens is 519 g/mol. The van der Waals surface area contributed by atoms with Crippen molar-refractivity contribution in [3.8, 4) is 0 Å². The van der Waals surface area contributed by atoms with Crippen LogP contribution in [0.15, 0.2) is 47.5 Å². The van der Waals surface area contributed by atoms with E-state index in [9.17, 15) is 0 Å². The molecule has 0 spiro atoms. The first kappa shape index (κ1) is 34.3. The van der Waals surface area contributed by atoms with E-state index in [1.165, 1.54) is 57.7 Å². The molecule has 6 rings (SSSR count). The van der Waals surface area contributed by atoms with E-state index in [1.54, 1.807) is 38.8 Å². The van der Waals surface area contributed by atoms with Crippen molar-refractivity contribution in [2.75, 3.05) is 6.61 Å². The van der Waals surface area contributed by atoms with Gasteiger partial charge in [0.05, 0.1) is 12.7 Å². The fourth-order valence-corrected chi connectivity index (χ4v) is 10.2. The molecule has 0 N–H and O–H groups in total. The van der Waals surface area contributed by atoms with Crippen LogP contribution in [0.25, 0.3) is 0 Å². The third kappa shape index (κ3) is 6.18. The lowest BCUT2D eigenvalue weighted by Gasteiger charge is -2.54. The first-order chi connectivity index (χ1) is 19.8. The summed E-state index contributed by atoms with van der Waals surface area (Å²) in [5.41, 5.74) is 12.5. The number of aryl methyl sites for hydroxylation is 1. The highest BCUT2D eigenvalue weighted by atomic mass is 16.6. The lowest BCUT2D eigenvalue weighted by atomic mass is 9.27. The lowest BCUT2D eigenvalue weighted by molar-refractivity contribution is 0.0159. The summed E-state index contributed by atoms with van der Waals surface area (Å²) < 4.78 is 4.71. The monoisotopic (exact) mass is 585 g/mol. The predicted molar refractivity (Wildman–Crippen MR) is 191 cm³/mol. The zero-order chi connectivity index (χ0) is 30.6. The van der Waals surface area contributed by atoms with E-state index < -0.39 is 0 Å². The maximum Gasteiger partial charge on any atom is 0.209 e. The Kier molecular flexibility index (Phi) is 10.1. The largest absolute Gasteiger partial charge is 0.373 e. The average Bonchev–Trinajstić information content (AvgIpc) is 3.70. The average molecular weight is 585 g/mol. The van der Waals surface area contributed by atoms with E-state index in [2.05, 4.69) is 100 Å². The molecule has 238 valence electrons. The Hall–Kier alpha value is -1.54. The third-order valence-electron chi connectivity index (χ3n) is 12.9. The van der Waals surface area contributed by atoms with Gasteiger partial charge in [0.1, 0.15) is 0 Å². The maximum atomic E-state index is 4.71. The number of ether oxygens (including phenoxy) is 1. The van der Waals surface area contributed by atoms with Gasteiger partial charge < -0.3 is 4.74 Å². The van der Waals surface area contributed by atoms with Gasteiger partial charge in [0.25, 0.3) is 0 Å². The highest BCUT2D eigenvalue weighted by Gasteiger charge is 2.50. The maximum absolute atomic E-state index is 4.71. The molecule has 1 aromatic carbocycles. The quantitative estimate of drug-likeness (QED) is 0.239. The Morgan fingerprint density at radius 3 is 2.28 bits per heavy atom. The van der Waals surface area contributed by atoms with Gasteiger partial charge in [0.2, 0.25) is 6.71 Å². The molecule has 2 heteroatoms. The van der Waals surface area contributed by atoms with Crippen molar-refractivity contribution < 1.29 is 4.74 Å². The highest BCUT2D eigenvalue weighted by molar-refractivity contribution is 6.83. The molecule has 5 aliphatic rings. The van der Waals surface area contributed by atoms with Crippen LogP contribution in [0.5, 0.6) is 0 Å². The Labute approximate surface area is 267 Å². The summed E-state index contributed by atoms with van der Waals surface area (Å²) in [7, 11) is 0. The molecule has 1 aromatic rings. The zero-order valence-electron chi connectivity index (χ0n) is 29.0. The minimum atomic E-state index is 0. The van der Waals surface area contributed by atoms with Crippen LogP contribution in [0, 0.1) is 34.5 Å². The van der Waals surface area contributed by atoms with Crippen molar-refractivity contribution in [2.24, 2.45) is 34.5 Å². The van der Waals surface area contributed by atoms with Crippen LogP contribution in [0.3, 0.4) is 0 Å². The van der Waals surface area contributed by atoms with Gasteiger partial charge in [-0.2, -0.15) is 0 Å². The number of hydrogen-bond acceptors (Lipinski definition) is 1. The minimum Gasteiger partial charge on any atom is -0.373 e. The van der Waals surface area contributed by atoms with Gasteiger partial charge in [0, 0.05) is 0 Å². The van der Waals surface area contributed by atoms with Crippen LogP contribution in [0.4, 0.5) is 0 Å². The molecule has 2 fully saturated rings. The molecule has 43 heavy (non-hydrogen) atoms. The van der Waals surface area contributed by atoms with Crippen molar-refractivity contribution in [3.05, 3.63) is 64.2 Å². The summed E-state index contributed by atoms with van der Waals surface area (Å²) in [4.78, 5) is 0. The number of rotatable bonds is 6. The second-order valence-corrected chi connectivity index (χ2v) is 16.6. The Morgan fingerprint density at radius 2 is 1.72 bits per heavy atom. The van der Waals surface area contributed by atoms with Crippen LogP contribution in [-0.4, -0.2) is 19.4 Å². The van der Waals surface area contributed by atoms with Crippen molar-refractivity contribution in [3.63, 3.8) is 0 Å². The van der Waals surface area contributed by atoms with E-state index in [4.69, 9.17) is 4.74 Å². The molecule has 1 saturated heterocycles. The molecule has 0 amide bonds. The summed E-state index contributed by atoms with van der Waals surface area (Å²) in [5.74, 6) is 2.87. The smallest absolute Gasteiger partial charge is 0.209 e.